The predicted octanol–water partition coefficient (Wildman–Crippen LogP) is 1.94. The largest absolute Gasteiger partial charge is 0.493 e. The van der Waals surface area contributed by atoms with E-state index in [2.05, 4.69) is 10.6 Å². The Labute approximate surface area is 136 Å². The molecule has 0 aliphatic carbocycles. The first-order chi connectivity index (χ1) is 9.71. The van der Waals surface area contributed by atoms with Gasteiger partial charge in [-0.2, -0.15) is 0 Å². The van der Waals surface area contributed by atoms with Crippen molar-refractivity contribution in [1.29, 1.82) is 0 Å². The Balaban J connectivity index is 0.00000400. The number of benzene rings is 1. The summed E-state index contributed by atoms with van der Waals surface area (Å²) in [6.45, 7) is 1.45. The number of ether oxygens (including phenoxy) is 2. The highest BCUT2D eigenvalue weighted by Crippen LogP contribution is 2.31. The van der Waals surface area contributed by atoms with Crippen molar-refractivity contribution in [2.75, 3.05) is 40.1 Å². The fourth-order valence-electron chi connectivity index (χ4n) is 1.58. The van der Waals surface area contributed by atoms with Gasteiger partial charge in [0.15, 0.2) is 11.5 Å². The minimum Gasteiger partial charge on any atom is -0.493 e. The maximum absolute atomic E-state index is 11.5. The van der Waals surface area contributed by atoms with E-state index in [-0.39, 0.29) is 18.3 Å². The second-order valence-electron chi connectivity index (χ2n) is 4.07. The molecule has 0 aromatic heterocycles. The Morgan fingerprint density at radius 2 is 1.90 bits per heavy atom. The van der Waals surface area contributed by atoms with Crippen molar-refractivity contribution >= 4 is 30.1 Å². The van der Waals surface area contributed by atoms with Crippen molar-refractivity contribution < 1.29 is 14.3 Å². The average Bonchev–Trinajstić information content (AvgIpc) is 2.47. The number of hydrogen-bond donors (Lipinski definition) is 2. The summed E-state index contributed by atoms with van der Waals surface area (Å²) < 4.78 is 10.4. The Kier molecular flexibility index (Phi) is 10.9. The topological polar surface area (TPSA) is 59.6 Å². The first-order valence-electron chi connectivity index (χ1n) is 6.47. The van der Waals surface area contributed by atoms with Crippen molar-refractivity contribution in [3.05, 3.63) is 18.2 Å². The van der Waals surface area contributed by atoms with Crippen LogP contribution in [0.4, 0.5) is 0 Å². The van der Waals surface area contributed by atoms with Gasteiger partial charge in [0.25, 0.3) is 0 Å². The third-order valence-electron chi connectivity index (χ3n) is 2.65. The molecule has 2 N–H and O–H groups in total. The molecular weight excluding hydrogens is 312 g/mol. The monoisotopic (exact) mass is 334 g/mol. The van der Waals surface area contributed by atoms with E-state index < -0.39 is 0 Å². The second-order valence-corrected chi connectivity index (χ2v) is 5.24. The average molecular weight is 335 g/mol. The number of amides is 1. The van der Waals surface area contributed by atoms with Crippen LogP contribution in [0.1, 0.15) is 6.42 Å². The number of methoxy groups -OCH3 is 2. The molecule has 0 fully saturated rings. The summed E-state index contributed by atoms with van der Waals surface area (Å²) in [7, 11) is 5.08. The molecule has 0 radical (unpaired) electrons. The fraction of sp³-hybridized carbons (Fsp3) is 0.500. The van der Waals surface area contributed by atoms with E-state index in [1.54, 1.807) is 26.0 Å². The Hall–Kier alpha value is -1.11. The predicted molar refractivity (Wildman–Crippen MR) is 89.1 cm³/mol. The van der Waals surface area contributed by atoms with Gasteiger partial charge in [-0.25, -0.2) is 0 Å². The standard InChI is InChI=1S/C14H22N2O3S.ClH/c1-15-7-8-16-14(17)6-9-20-11-4-5-12(18-2)13(10-11)19-3;/h4-5,10,15H,6-9H2,1-3H3,(H,16,17);1H. The molecule has 0 bridgehead atoms. The molecule has 1 aromatic rings. The molecule has 1 amide bonds. The van der Waals surface area contributed by atoms with E-state index in [1.165, 1.54) is 0 Å². The molecule has 0 saturated carbocycles. The molecule has 21 heavy (non-hydrogen) atoms. The summed E-state index contributed by atoms with van der Waals surface area (Å²) in [5, 5.41) is 5.83. The molecular formula is C14H23ClN2O3S. The SMILES string of the molecule is CNCCNC(=O)CCSc1ccc(OC)c(OC)c1.Cl. The Morgan fingerprint density at radius 1 is 1.19 bits per heavy atom. The van der Waals surface area contributed by atoms with Gasteiger partial charge in [0.1, 0.15) is 0 Å². The molecule has 1 aromatic carbocycles. The normalized spacial score (nSPS) is 9.67. The molecule has 0 atom stereocenters. The first-order valence-corrected chi connectivity index (χ1v) is 7.46. The molecule has 7 heteroatoms. The van der Waals surface area contributed by atoms with Gasteiger partial charge in [-0.15, -0.1) is 24.2 Å². The van der Waals surface area contributed by atoms with Crippen LogP contribution in [-0.4, -0.2) is 46.0 Å². The van der Waals surface area contributed by atoms with E-state index in [4.69, 9.17) is 9.47 Å². The molecule has 1 rings (SSSR count). The van der Waals surface area contributed by atoms with Crippen molar-refractivity contribution in [1.82, 2.24) is 10.6 Å². The van der Waals surface area contributed by atoms with E-state index in [9.17, 15) is 4.79 Å². The summed E-state index contributed by atoms with van der Waals surface area (Å²) in [5.74, 6) is 2.23. The first kappa shape index (κ1) is 19.9. The van der Waals surface area contributed by atoms with Gasteiger partial charge in [-0.05, 0) is 25.2 Å². The van der Waals surface area contributed by atoms with Crippen LogP contribution in [0.25, 0.3) is 0 Å². The number of rotatable bonds is 9. The molecule has 0 aliphatic heterocycles. The summed E-state index contributed by atoms with van der Waals surface area (Å²) in [4.78, 5) is 12.6. The summed E-state index contributed by atoms with van der Waals surface area (Å²) in [6, 6.07) is 5.75. The number of halogens is 1. The van der Waals surface area contributed by atoms with Crippen LogP contribution < -0.4 is 20.1 Å². The summed E-state index contributed by atoms with van der Waals surface area (Å²) in [6.07, 6.45) is 0.503. The Morgan fingerprint density at radius 3 is 2.52 bits per heavy atom. The lowest BCUT2D eigenvalue weighted by atomic mass is 10.3. The van der Waals surface area contributed by atoms with Crippen molar-refractivity contribution in [3.63, 3.8) is 0 Å². The second kappa shape index (κ2) is 11.5. The van der Waals surface area contributed by atoms with Gasteiger partial charge < -0.3 is 20.1 Å². The molecule has 0 unspecified atom stereocenters. The van der Waals surface area contributed by atoms with Crippen LogP contribution in [0.2, 0.25) is 0 Å². The van der Waals surface area contributed by atoms with E-state index in [0.29, 0.717) is 24.5 Å². The van der Waals surface area contributed by atoms with Gasteiger partial charge in [0.2, 0.25) is 5.91 Å². The zero-order chi connectivity index (χ0) is 14.8. The molecule has 0 aliphatic rings. The third kappa shape index (κ3) is 7.45. The van der Waals surface area contributed by atoms with Gasteiger partial charge in [-0.3, -0.25) is 4.79 Å². The van der Waals surface area contributed by atoms with Crippen LogP contribution in [0.5, 0.6) is 11.5 Å². The third-order valence-corrected chi connectivity index (χ3v) is 3.65. The number of hydrogen-bond acceptors (Lipinski definition) is 5. The van der Waals surface area contributed by atoms with Crippen molar-refractivity contribution in [2.24, 2.45) is 0 Å². The quantitative estimate of drug-likeness (QED) is 0.534. The molecule has 0 heterocycles. The highest BCUT2D eigenvalue weighted by Gasteiger charge is 2.06. The van der Waals surface area contributed by atoms with Gasteiger partial charge in [-0.1, -0.05) is 0 Å². The van der Waals surface area contributed by atoms with Crippen LogP contribution in [0.15, 0.2) is 23.1 Å². The zero-order valence-electron chi connectivity index (χ0n) is 12.6. The smallest absolute Gasteiger partial charge is 0.220 e. The number of nitrogens with one attached hydrogen (secondary N) is 2. The summed E-state index contributed by atoms with van der Waals surface area (Å²) in [5.41, 5.74) is 0. The minimum absolute atomic E-state index is 0. The lowest BCUT2D eigenvalue weighted by Crippen LogP contribution is -2.30. The van der Waals surface area contributed by atoms with Crippen LogP contribution in [0, 0.1) is 0 Å². The lowest BCUT2D eigenvalue weighted by Gasteiger charge is -2.09. The van der Waals surface area contributed by atoms with Gasteiger partial charge >= 0.3 is 0 Å². The number of carbonyl (C=O) groups is 1. The number of likely N-dealkylation sites (N-methyl/N-ethyl adjacent to an activating group) is 1. The Bertz CT molecular complexity index is 433. The summed E-state index contributed by atoms with van der Waals surface area (Å²) >= 11 is 1.62. The van der Waals surface area contributed by atoms with Crippen LogP contribution in [-0.2, 0) is 4.79 Å². The highest BCUT2D eigenvalue weighted by molar-refractivity contribution is 7.99. The number of thioether (sulfide) groups is 1. The van der Waals surface area contributed by atoms with Crippen molar-refractivity contribution in [2.45, 2.75) is 11.3 Å². The lowest BCUT2D eigenvalue weighted by molar-refractivity contribution is -0.120. The maximum atomic E-state index is 11.5. The van der Waals surface area contributed by atoms with E-state index >= 15 is 0 Å². The van der Waals surface area contributed by atoms with Crippen LogP contribution in [0.3, 0.4) is 0 Å². The van der Waals surface area contributed by atoms with E-state index in [1.807, 2.05) is 25.2 Å². The fourth-order valence-corrected chi connectivity index (χ4v) is 2.46. The maximum Gasteiger partial charge on any atom is 0.220 e. The van der Waals surface area contributed by atoms with Crippen LogP contribution >= 0.6 is 24.2 Å². The molecule has 120 valence electrons. The minimum atomic E-state index is 0. The van der Waals surface area contributed by atoms with Gasteiger partial charge in [0.05, 0.1) is 14.2 Å². The highest BCUT2D eigenvalue weighted by atomic mass is 35.5. The van der Waals surface area contributed by atoms with Gasteiger partial charge in [0, 0.05) is 30.2 Å². The number of carbonyl (C=O) groups excluding carboxylic acids is 1. The molecule has 0 spiro atoms. The molecule has 0 saturated heterocycles. The van der Waals surface area contributed by atoms with E-state index in [0.717, 1.165) is 17.2 Å². The van der Waals surface area contributed by atoms with Crippen molar-refractivity contribution in [3.8, 4) is 11.5 Å². The molecule has 5 nitrogen and oxygen atoms in total. The zero-order valence-corrected chi connectivity index (χ0v) is 14.2.